The van der Waals surface area contributed by atoms with E-state index in [1.165, 1.54) is 10.8 Å². The lowest BCUT2D eigenvalue weighted by Crippen LogP contribution is -1.80. The monoisotopic (exact) mass is 216 g/mol. The van der Waals surface area contributed by atoms with Gasteiger partial charge < -0.3 is 0 Å². The second-order valence-corrected chi connectivity index (χ2v) is 4.09. The molecule has 1 N–H and O–H groups in total. The summed E-state index contributed by atoms with van der Waals surface area (Å²) in [4.78, 5) is 11.8. The van der Waals surface area contributed by atoms with Crippen molar-refractivity contribution in [2.75, 3.05) is 0 Å². The van der Waals surface area contributed by atoms with E-state index in [4.69, 9.17) is 5.53 Å². The quantitative estimate of drug-likeness (QED) is 0.606. The van der Waals surface area contributed by atoms with E-state index < -0.39 is 5.91 Å². The summed E-state index contributed by atoms with van der Waals surface area (Å²) in [6, 6.07) is 10.0. The molecule has 74 valence electrons. The number of hydrogen-bond acceptors (Lipinski definition) is 3. The van der Waals surface area contributed by atoms with Crippen molar-refractivity contribution in [1.82, 2.24) is 0 Å². The summed E-state index contributed by atoms with van der Waals surface area (Å²) < 4.78 is 1.19. The molecule has 3 nitrogen and oxygen atoms in total. The predicted molar refractivity (Wildman–Crippen MR) is 61.0 cm³/mol. The van der Waals surface area contributed by atoms with Crippen molar-refractivity contribution in [2.45, 2.75) is 0 Å². The van der Waals surface area contributed by atoms with Crippen LogP contribution in [-0.4, -0.2) is 5.91 Å². The van der Waals surface area contributed by atoms with Gasteiger partial charge in [0.25, 0.3) is 5.91 Å². The maximum Gasteiger partial charge on any atom is 0.287 e. The molecule has 1 aromatic heterocycles. The van der Waals surface area contributed by atoms with E-state index in [2.05, 4.69) is 5.11 Å². The molecule has 0 fully saturated rings. The fourth-order valence-electron chi connectivity index (χ4n) is 1.28. The molecule has 0 aliphatic carbocycles. The van der Waals surface area contributed by atoms with Crippen LogP contribution in [0.1, 0.15) is 4.88 Å². The van der Waals surface area contributed by atoms with Crippen LogP contribution in [0.15, 0.2) is 41.5 Å². The molecule has 4 heteroatoms. The molecule has 0 bridgehead atoms. The van der Waals surface area contributed by atoms with Gasteiger partial charge in [0.15, 0.2) is 0 Å². The van der Waals surface area contributed by atoms with Gasteiger partial charge in [-0.3, -0.25) is 4.79 Å². The lowest BCUT2D eigenvalue weighted by molar-refractivity contribution is -0.114. The van der Waals surface area contributed by atoms with Gasteiger partial charge in [-0.15, -0.1) is 16.5 Å². The maximum absolute atomic E-state index is 10.8. The SMILES string of the molecule is N=NC(=O)/C=C/c1cc2ccccc2s1. The Bertz CT molecular complexity index is 509. The largest absolute Gasteiger partial charge is 0.287 e. The zero-order valence-corrected chi connectivity index (χ0v) is 8.62. The number of carbonyl (C=O) groups excluding carboxylic acids is 1. The lowest BCUT2D eigenvalue weighted by Gasteiger charge is -1.82. The Morgan fingerprint density at radius 3 is 2.93 bits per heavy atom. The Hall–Kier alpha value is -1.81. The molecule has 2 rings (SSSR count). The van der Waals surface area contributed by atoms with Crippen molar-refractivity contribution >= 4 is 33.4 Å². The molecule has 0 unspecified atom stereocenters. The highest BCUT2D eigenvalue weighted by Crippen LogP contribution is 2.25. The third-order valence-corrected chi connectivity index (χ3v) is 3.03. The molecule has 0 saturated heterocycles. The summed E-state index contributed by atoms with van der Waals surface area (Å²) in [5.41, 5.74) is 6.51. The highest BCUT2D eigenvalue weighted by molar-refractivity contribution is 7.19. The van der Waals surface area contributed by atoms with Crippen LogP contribution in [0.5, 0.6) is 0 Å². The molecule has 0 atom stereocenters. The summed E-state index contributed by atoms with van der Waals surface area (Å²) in [6.45, 7) is 0. The first-order chi connectivity index (χ1) is 7.29. The van der Waals surface area contributed by atoms with E-state index in [9.17, 15) is 4.79 Å². The Kier molecular flexibility index (Phi) is 2.69. The number of hydrogen-bond donors (Lipinski definition) is 1. The van der Waals surface area contributed by atoms with Crippen molar-refractivity contribution in [3.8, 4) is 0 Å². The average Bonchev–Trinajstić information content (AvgIpc) is 2.68. The van der Waals surface area contributed by atoms with Crippen LogP contribution >= 0.6 is 11.3 Å². The van der Waals surface area contributed by atoms with Crippen LogP contribution in [0, 0.1) is 5.53 Å². The van der Waals surface area contributed by atoms with E-state index in [1.54, 1.807) is 17.4 Å². The Labute approximate surface area is 90.6 Å². The predicted octanol–water partition coefficient (Wildman–Crippen LogP) is 3.47. The van der Waals surface area contributed by atoms with Crippen LogP contribution < -0.4 is 0 Å². The number of carbonyl (C=O) groups is 1. The summed E-state index contributed by atoms with van der Waals surface area (Å²) in [5, 5.41) is 3.95. The molecule has 2 aromatic rings. The number of benzene rings is 1. The molecule has 1 amide bonds. The molecule has 0 spiro atoms. The van der Waals surface area contributed by atoms with Gasteiger partial charge in [-0.25, -0.2) is 5.53 Å². The summed E-state index contributed by atoms with van der Waals surface area (Å²) >= 11 is 1.61. The van der Waals surface area contributed by atoms with Crippen LogP contribution in [0.2, 0.25) is 0 Å². The third kappa shape index (κ3) is 2.16. The molecule has 0 radical (unpaired) electrons. The fraction of sp³-hybridized carbons (Fsp3) is 0. The molecule has 0 aliphatic heterocycles. The maximum atomic E-state index is 10.8. The van der Waals surface area contributed by atoms with Gasteiger partial charge in [0.05, 0.1) is 0 Å². The molecule has 0 aliphatic rings. The Morgan fingerprint density at radius 2 is 2.20 bits per heavy atom. The molecule has 15 heavy (non-hydrogen) atoms. The van der Waals surface area contributed by atoms with Gasteiger partial charge in [-0.2, -0.15) is 0 Å². The van der Waals surface area contributed by atoms with Gasteiger partial charge in [-0.1, -0.05) is 18.2 Å². The number of nitrogens with one attached hydrogen (secondary N) is 1. The minimum absolute atomic E-state index is 0.535. The first-order valence-electron chi connectivity index (χ1n) is 4.37. The second-order valence-electron chi connectivity index (χ2n) is 2.97. The summed E-state index contributed by atoms with van der Waals surface area (Å²) in [7, 11) is 0. The highest BCUT2D eigenvalue weighted by atomic mass is 32.1. The van der Waals surface area contributed by atoms with Crippen molar-refractivity contribution in [3.05, 3.63) is 41.3 Å². The average molecular weight is 216 g/mol. The minimum Gasteiger partial charge on any atom is -0.266 e. The summed E-state index contributed by atoms with van der Waals surface area (Å²) in [5.74, 6) is -0.535. The van der Waals surface area contributed by atoms with Gasteiger partial charge >= 0.3 is 0 Å². The highest BCUT2D eigenvalue weighted by Gasteiger charge is 1.98. The van der Waals surface area contributed by atoms with Crippen molar-refractivity contribution in [2.24, 2.45) is 5.11 Å². The number of nitrogens with zero attached hydrogens (tertiary/aromatic N) is 1. The van der Waals surface area contributed by atoms with E-state index in [0.29, 0.717) is 0 Å². The van der Waals surface area contributed by atoms with Crippen LogP contribution in [-0.2, 0) is 4.79 Å². The van der Waals surface area contributed by atoms with Gasteiger partial charge in [0, 0.05) is 15.7 Å². The number of fused-ring (bicyclic) bond motifs is 1. The standard InChI is InChI=1S/C11H8N2OS/c12-13-11(14)6-5-9-7-8-3-1-2-4-10(8)15-9/h1-7,12H/b6-5+,13-12?. The van der Waals surface area contributed by atoms with Gasteiger partial charge in [0.2, 0.25) is 0 Å². The van der Waals surface area contributed by atoms with Crippen molar-refractivity contribution in [1.29, 1.82) is 5.53 Å². The smallest absolute Gasteiger partial charge is 0.266 e. The molecular formula is C11H8N2OS. The first kappa shape index (κ1) is 9.73. The van der Waals surface area contributed by atoms with E-state index >= 15 is 0 Å². The molecule has 0 saturated carbocycles. The van der Waals surface area contributed by atoms with E-state index in [1.807, 2.05) is 30.3 Å². The Morgan fingerprint density at radius 1 is 1.40 bits per heavy atom. The number of amides is 1. The lowest BCUT2D eigenvalue weighted by atomic mass is 10.2. The summed E-state index contributed by atoms with van der Waals surface area (Å²) in [6.07, 6.45) is 2.99. The Balaban J connectivity index is 2.33. The van der Waals surface area contributed by atoms with E-state index in [0.717, 1.165) is 10.3 Å². The van der Waals surface area contributed by atoms with Crippen molar-refractivity contribution in [3.63, 3.8) is 0 Å². The van der Waals surface area contributed by atoms with Crippen LogP contribution in [0.25, 0.3) is 16.2 Å². The zero-order chi connectivity index (χ0) is 10.7. The van der Waals surface area contributed by atoms with Crippen molar-refractivity contribution < 1.29 is 4.79 Å². The fourth-order valence-corrected chi connectivity index (χ4v) is 2.24. The van der Waals surface area contributed by atoms with Gasteiger partial charge in [0.1, 0.15) is 0 Å². The first-order valence-corrected chi connectivity index (χ1v) is 5.19. The van der Waals surface area contributed by atoms with Crippen LogP contribution in [0.4, 0.5) is 0 Å². The molecule has 1 aromatic carbocycles. The zero-order valence-electron chi connectivity index (χ0n) is 7.81. The van der Waals surface area contributed by atoms with Crippen LogP contribution in [0.3, 0.4) is 0 Å². The normalized spacial score (nSPS) is 10.9. The molecule has 1 heterocycles. The van der Waals surface area contributed by atoms with E-state index in [-0.39, 0.29) is 0 Å². The topological polar surface area (TPSA) is 53.3 Å². The third-order valence-electron chi connectivity index (χ3n) is 1.94. The van der Waals surface area contributed by atoms with Gasteiger partial charge in [-0.05, 0) is 23.6 Å². The molecular weight excluding hydrogens is 208 g/mol. The number of rotatable bonds is 2. The second kappa shape index (κ2) is 4.14. The minimum atomic E-state index is -0.535. The number of thiophene rings is 1.